The number of benzene rings is 1. The Morgan fingerprint density at radius 2 is 2.12 bits per heavy atom. The van der Waals surface area contributed by atoms with Gasteiger partial charge in [0, 0.05) is 18.0 Å². The molecule has 0 bridgehead atoms. The van der Waals surface area contributed by atoms with Gasteiger partial charge in [-0.1, -0.05) is 29.8 Å². The number of hydrogen-bond donors (Lipinski definition) is 3. The van der Waals surface area contributed by atoms with Crippen LogP contribution in [0.25, 0.3) is 22.8 Å². The van der Waals surface area contributed by atoms with E-state index in [0.717, 1.165) is 17.0 Å². The van der Waals surface area contributed by atoms with Crippen LogP contribution in [0.4, 0.5) is 0 Å². The molecule has 0 saturated carbocycles. The van der Waals surface area contributed by atoms with Crippen LogP contribution in [-0.4, -0.2) is 21.4 Å². The first-order valence-electron chi connectivity index (χ1n) is 7.39. The second-order valence-corrected chi connectivity index (χ2v) is 5.29. The van der Waals surface area contributed by atoms with E-state index in [2.05, 4.69) is 15.4 Å². The van der Waals surface area contributed by atoms with Crippen LogP contribution >= 0.6 is 0 Å². The fourth-order valence-corrected chi connectivity index (χ4v) is 2.40. The molecule has 0 saturated heterocycles. The molecule has 1 aromatic carbocycles. The molecule has 7 heteroatoms. The van der Waals surface area contributed by atoms with Crippen LogP contribution in [0.5, 0.6) is 0 Å². The van der Waals surface area contributed by atoms with Crippen molar-refractivity contribution in [3.05, 3.63) is 54.1 Å². The summed E-state index contributed by atoms with van der Waals surface area (Å²) in [6.45, 7) is 3.78. The summed E-state index contributed by atoms with van der Waals surface area (Å²) in [4.78, 5) is 9.02. The first kappa shape index (κ1) is 15.7. The number of nitrogens with zero attached hydrogens (tertiary/aromatic N) is 3. The maximum Gasteiger partial charge on any atom is 0.306 e. The minimum atomic E-state index is 0.463. The lowest BCUT2D eigenvalue weighted by molar-refractivity contribution is 0.596. The number of nitrogens with two attached hydrogens (primary N) is 1. The number of hydrogen-bond acceptors (Lipinski definition) is 5. The van der Waals surface area contributed by atoms with Crippen LogP contribution in [0, 0.1) is 12.3 Å². The summed E-state index contributed by atoms with van der Waals surface area (Å²) >= 11 is 0. The highest BCUT2D eigenvalue weighted by molar-refractivity contribution is 5.93. The number of nitrogens with one attached hydrogen (secondary N) is 2. The normalized spacial score (nSPS) is 12.6. The van der Waals surface area contributed by atoms with E-state index >= 15 is 0 Å². The van der Waals surface area contributed by atoms with Crippen LogP contribution in [-0.2, 0) is 0 Å². The minimum Gasteiger partial charge on any atom is -0.432 e. The number of hydrazine groups is 1. The molecule has 7 nitrogen and oxygen atoms in total. The van der Waals surface area contributed by atoms with Gasteiger partial charge in [-0.3, -0.25) is 4.40 Å². The second kappa shape index (κ2) is 6.51. The molecular formula is C17H18N6O. The van der Waals surface area contributed by atoms with Crippen molar-refractivity contribution in [2.24, 2.45) is 10.8 Å². The molecule has 2 heterocycles. The van der Waals surface area contributed by atoms with Gasteiger partial charge in [-0.05, 0) is 19.9 Å². The Labute approximate surface area is 139 Å². The SMILES string of the molecule is C/C(=N\C(=C/C=N)c1c(-c2ccc(C)cc2)nc2occn12)NN. The standard InChI is InChI=1S/C17H18N6O/c1-11-3-5-13(6-4-11)15-16(23-9-10-24-17(23)21-15)14(7-8-18)20-12(2)22-19/h3-10,18H,19H2,1-2H3,(H,20,22)/b14-7-,18-8?. The fraction of sp³-hybridized carbons (Fsp3) is 0.118. The number of fused-ring (bicyclic) bond motifs is 1. The van der Waals surface area contributed by atoms with Crippen LogP contribution in [0.2, 0.25) is 0 Å². The highest BCUT2D eigenvalue weighted by atomic mass is 16.3. The zero-order chi connectivity index (χ0) is 17.1. The van der Waals surface area contributed by atoms with E-state index in [0.29, 0.717) is 17.4 Å². The van der Waals surface area contributed by atoms with Crippen LogP contribution in [0.1, 0.15) is 18.2 Å². The van der Waals surface area contributed by atoms with Crippen molar-refractivity contribution in [2.75, 3.05) is 0 Å². The molecule has 0 aliphatic heterocycles. The Morgan fingerprint density at radius 3 is 2.79 bits per heavy atom. The molecule has 3 rings (SSSR count). The summed E-state index contributed by atoms with van der Waals surface area (Å²) in [6, 6.07) is 8.05. The van der Waals surface area contributed by atoms with Crippen molar-refractivity contribution in [2.45, 2.75) is 13.8 Å². The number of aromatic nitrogens is 2. The fourth-order valence-electron chi connectivity index (χ4n) is 2.40. The third-order valence-corrected chi connectivity index (χ3v) is 3.57. The highest BCUT2D eigenvalue weighted by Gasteiger charge is 2.19. The quantitative estimate of drug-likeness (QED) is 0.297. The van der Waals surface area contributed by atoms with Crippen molar-refractivity contribution in [3.63, 3.8) is 0 Å². The molecule has 4 N–H and O–H groups in total. The summed E-state index contributed by atoms with van der Waals surface area (Å²) in [6.07, 6.45) is 6.11. The van der Waals surface area contributed by atoms with E-state index in [1.165, 1.54) is 11.8 Å². The molecule has 0 atom stereocenters. The van der Waals surface area contributed by atoms with Gasteiger partial charge < -0.3 is 15.3 Å². The summed E-state index contributed by atoms with van der Waals surface area (Å²) < 4.78 is 7.23. The zero-order valence-corrected chi connectivity index (χ0v) is 13.4. The third-order valence-electron chi connectivity index (χ3n) is 3.57. The minimum absolute atomic E-state index is 0.463. The largest absolute Gasteiger partial charge is 0.432 e. The predicted octanol–water partition coefficient (Wildman–Crippen LogP) is 2.77. The van der Waals surface area contributed by atoms with E-state index in [4.69, 9.17) is 15.7 Å². The molecule has 0 aliphatic rings. The molecule has 3 aromatic rings. The molecule has 0 fully saturated rings. The molecule has 0 aliphatic carbocycles. The lowest BCUT2D eigenvalue weighted by Gasteiger charge is -2.07. The first-order valence-corrected chi connectivity index (χ1v) is 7.39. The molecule has 0 amide bonds. The number of amidine groups is 1. The van der Waals surface area contributed by atoms with Crippen molar-refractivity contribution in [1.82, 2.24) is 14.8 Å². The van der Waals surface area contributed by atoms with Gasteiger partial charge in [-0.2, -0.15) is 4.98 Å². The Bertz CT molecular complexity index is 930. The number of rotatable bonds is 4. The van der Waals surface area contributed by atoms with Crippen molar-refractivity contribution >= 4 is 23.6 Å². The van der Waals surface area contributed by atoms with E-state index < -0.39 is 0 Å². The van der Waals surface area contributed by atoms with Gasteiger partial charge in [0.05, 0.1) is 5.70 Å². The van der Waals surface area contributed by atoms with E-state index in [1.807, 2.05) is 31.2 Å². The molecule has 0 radical (unpaired) electrons. The maximum absolute atomic E-state index is 7.44. The lowest BCUT2D eigenvalue weighted by atomic mass is 10.1. The number of aryl methyl sites for hydroxylation is 1. The Hall–Kier alpha value is -3.19. The van der Waals surface area contributed by atoms with E-state index in [1.54, 1.807) is 29.9 Å². The van der Waals surface area contributed by atoms with Gasteiger partial charge in [-0.15, -0.1) is 0 Å². The third kappa shape index (κ3) is 2.84. The van der Waals surface area contributed by atoms with E-state index in [-0.39, 0.29) is 0 Å². The molecule has 0 spiro atoms. The average molecular weight is 322 g/mol. The van der Waals surface area contributed by atoms with Gasteiger partial charge in [0.15, 0.2) is 0 Å². The molecule has 2 aromatic heterocycles. The van der Waals surface area contributed by atoms with Gasteiger partial charge in [0.25, 0.3) is 0 Å². The van der Waals surface area contributed by atoms with Crippen LogP contribution in [0.3, 0.4) is 0 Å². The molecule has 0 unspecified atom stereocenters. The van der Waals surface area contributed by atoms with Gasteiger partial charge in [0.1, 0.15) is 23.5 Å². The topological polar surface area (TPSA) is 105 Å². The number of allylic oxidation sites excluding steroid dienone is 1. The number of imidazole rings is 1. The van der Waals surface area contributed by atoms with E-state index in [9.17, 15) is 0 Å². The Balaban J connectivity index is 2.26. The molecule has 24 heavy (non-hydrogen) atoms. The smallest absolute Gasteiger partial charge is 0.306 e. The first-order chi connectivity index (χ1) is 11.6. The molecule has 122 valence electrons. The van der Waals surface area contributed by atoms with Crippen molar-refractivity contribution in [1.29, 1.82) is 5.41 Å². The van der Waals surface area contributed by atoms with Gasteiger partial charge in [-0.25, -0.2) is 10.8 Å². The zero-order valence-electron chi connectivity index (χ0n) is 13.4. The van der Waals surface area contributed by atoms with Gasteiger partial charge in [0.2, 0.25) is 0 Å². The predicted molar refractivity (Wildman–Crippen MR) is 94.8 cm³/mol. The monoisotopic (exact) mass is 322 g/mol. The Kier molecular flexibility index (Phi) is 4.26. The molecular weight excluding hydrogens is 304 g/mol. The lowest BCUT2D eigenvalue weighted by Crippen LogP contribution is -2.27. The number of oxazole rings is 1. The summed E-state index contributed by atoms with van der Waals surface area (Å²) in [7, 11) is 0. The van der Waals surface area contributed by atoms with Gasteiger partial charge >= 0.3 is 5.84 Å². The second-order valence-electron chi connectivity index (χ2n) is 5.29. The Morgan fingerprint density at radius 1 is 1.38 bits per heavy atom. The van der Waals surface area contributed by atoms with Crippen molar-refractivity contribution in [3.8, 4) is 11.3 Å². The summed E-state index contributed by atoms with van der Waals surface area (Å²) in [5.41, 5.74) is 6.64. The number of aliphatic imine (C=N–C) groups is 1. The highest BCUT2D eigenvalue weighted by Crippen LogP contribution is 2.31. The van der Waals surface area contributed by atoms with Crippen LogP contribution in [0.15, 0.2) is 52.2 Å². The maximum atomic E-state index is 7.44. The average Bonchev–Trinajstić information content (AvgIpc) is 3.15. The summed E-state index contributed by atoms with van der Waals surface area (Å²) in [5.74, 6) is 6.41. The summed E-state index contributed by atoms with van der Waals surface area (Å²) in [5, 5.41) is 7.44. The van der Waals surface area contributed by atoms with Crippen LogP contribution < -0.4 is 11.3 Å². The van der Waals surface area contributed by atoms with Crippen molar-refractivity contribution < 1.29 is 4.42 Å².